The van der Waals surface area contributed by atoms with Crippen LogP contribution in [0.25, 0.3) is 22.3 Å². The molecule has 1 aromatic carbocycles. The van der Waals surface area contributed by atoms with Gasteiger partial charge in [-0.15, -0.1) is 0 Å². The Morgan fingerprint density at radius 1 is 1.07 bits per heavy atom. The van der Waals surface area contributed by atoms with Crippen molar-refractivity contribution >= 4 is 40.7 Å². The number of esters is 1. The number of benzene rings is 1. The van der Waals surface area contributed by atoms with E-state index in [1.165, 1.54) is 11.8 Å². The van der Waals surface area contributed by atoms with E-state index in [-0.39, 0.29) is 93.7 Å². The number of hydrogen-bond donors (Lipinski definition) is 3. The second-order valence-electron chi connectivity index (χ2n) is 13.2. The quantitative estimate of drug-likeness (QED) is 0.0591. The monoisotopic (exact) mass is 801 g/mol. The van der Waals surface area contributed by atoms with E-state index in [0.29, 0.717) is 54.2 Å². The minimum atomic E-state index is -1.91. The van der Waals surface area contributed by atoms with Crippen molar-refractivity contribution in [1.29, 1.82) is 0 Å². The number of nitrogens with one attached hydrogen (secondary N) is 1. The SMILES string of the molecule is CCc1c2c(nc3ccc(O)cc13)-c1cc3c(c(=O)n1C2)COC(=O)[C@@]3(CC)OC(=O)OCCOCCOCCNC(=O)CCSCC(OC)OC(CC)CO. The molecule has 0 fully saturated rings. The number of rotatable bonds is 22. The number of aliphatic hydroxyl groups excluding tert-OH is 1. The van der Waals surface area contributed by atoms with Crippen LogP contribution in [0.2, 0.25) is 0 Å². The van der Waals surface area contributed by atoms with Crippen LogP contribution in [0.1, 0.15) is 62.3 Å². The fourth-order valence-electron chi connectivity index (χ4n) is 6.73. The molecule has 0 bridgehead atoms. The number of aromatic nitrogens is 2. The number of aromatic hydroxyl groups is 1. The fourth-order valence-corrected chi connectivity index (χ4v) is 7.63. The molecule has 2 unspecified atom stereocenters. The van der Waals surface area contributed by atoms with Gasteiger partial charge in [-0.1, -0.05) is 20.8 Å². The van der Waals surface area contributed by atoms with Gasteiger partial charge in [0.1, 0.15) is 19.0 Å². The zero-order valence-corrected chi connectivity index (χ0v) is 33.1. The van der Waals surface area contributed by atoms with Crippen LogP contribution in [0.3, 0.4) is 0 Å². The van der Waals surface area contributed by atoms with E-state index in [9.17, 15) is 29.4 Å². The first-order chi connectivity index (χ1) is 27.1. The normalized spacial score (nSPS) is 16.8. The van der Waals surface area contributed by atoms with Crippen molar-refractivity contribution in [2.24, 2.45) is 0 Å². The van der Waals surface area contributed by atoms with Crippen LogP contribution < -0.4 is 10.9 Å². The third kappa shape index (κ3) is 9.81. The Kier molecular flexibility index (Phi) is 15.5. The highest BCUT2D eigenvalue weighted by Gasteiger charge is 2.51. The van der Waals surface area contributed by atoms with Crippen molar-refractivity contribution in [1.82, 2.24) is 14.9 Å². The van der Waals surface area contributed by atoms with Gasteiger partial charge in [0.05, 0.1) is 68.2 Å². The molecule has 2 aliphatic rings. The Balaban J connectivity index is 1.05. The van der Waals surface area contributed by atoms with Crippen molar-refractivity contribution in [2.45, 2.75) is 77.6 Å². The first kappa shape index (κ1) is 42.9. The lowest BCUT2D eigenvalue weighted by Crippen LogP contribution is -2.47. The summed E-state index contributed by atoms with van der Waals surface area (Å²) in [5.41, 5.74) is 1.70. The Morgan fingerprint density at radius 3 is 2.55 bits per heavy atom. The molecule has 2 aromatic heterocycles. The van der Waals surface area contributed by atoms with Crippen molar-refractivity contribution < 1.29 is 57.8 Å². The maximum absolute atomic E-state index is 13.9. The van der Waals surface area contributed by atoms with Crippen LogP contribution >= 0.6 is 11.8 Å². The highest BCUT2D eigenvalue weighted by atomic mass is 32.2. The number of phenolic OH excluding ortho intramolecular Hbond substituents is 1. The number of methoxy groups -OCH3 is 1. The molecule has 0 spiro atoms. The molecule has 0 saturated carbocycles. The zero-order valence-electron chi connectivity index (χ0n) is 32.3. The molecule has 3 N–H and O–H groups in total. The Morgan fingerprint density at radius 2 is 1.84 bits per heavy atom. The molecule has 16 nitrogen and oxygen atoms in total. The first-order valence-corrected chi connectivity index (χ1v) is 20.0. The summed E-state index contributed by atoms with van der Waals surface area (Å²) in [6.45, 7) is 6.43. The number of fused-ring (bicyclic) bond motifs is 5. The van der Waals surface area contributed by atoms with E-state index in [4.69, 9.17) is 38.1 Å². The lowest BCUT2D eigenvalue weighted by Gasteiger charge is -2.35. The lowest BCUT2D eigenvalue weighted by molar-refractivity contribution is -0.175. The Bertz CT molecular complexity index is 1920. The number of nitrogens with zero attached hydrogens (tertiary/aromatic N) is 2. The van der Waals surface area contributed by atoms with Crippen molar-refractivity contribution in [2.75, 3.05) is 64.8 Å². The maximum Gasteiger partial charge on any atom is 0.509 e. The second-order valence-corrected chi connectivity index (χ2v) is 14.3. The highest BCUT2D eigenvalue weighted by Crippen LogP contribution is 2.42. The minimum Gasteiger partial charge on any atom is -0.508 e. The van der Waals surface area contributed by atoms with Gasteiger partial charge in [-0.05, 0) is 49.1 Å². The molecule has 0 saturated heterocycles. The molecule has 306 valence electrons. The molecular formula is C39H51N3O13S. The van der Waals surface area contributed by atoms with Gasteiger partial charge in [0.2, 0.25) is 11.5 Å². The van der Waals surface area contributed by atoms with Crippen LogP contribution in [0.4, 0.5) is 4.79 Å². The van der Waals surface area contributed by atoms with Gasteiger partial charge in [-0.3, -0.25) is 9.59 Å². The number of amides is 1. The standard InChI is InChI=1S/C39H51N3O13S/c1-5-25(21-43)54-34(49-4)23-56-17-10-33(45)40-11-12-50-13-14-51-15-16-52-38(48)55-39(7-3)30-19-32-35-28(20-42(32)36(46)29(30)22-53-37(39)47)26(6-2)27-18-24(44)8-9-31(27)41-35/h8-9,18-19,25,34,43-44H,5-7,10-17,20-23H2,1-4H3,(H,40,45)/t25?,34?,39-/m0/s1. The van der Waals surface area contributed by atoms with Crippen molar-refractivity contribution in [3.63, 3.8) is 0 Å². The number of pyridine rings is 2. The summed E-state index contributed by atoms with van der Waals surface area (Å²) in [4.78, 5) is 57.1. The topological polar surface area (TPSA) is 203 Å². The highest BCUT2D eigenvalue weighted by molar-refractivity contribution is 7.99. The van der Waals surface area contributed by atoms with Crippen molar-refractivity contribution in [3.05, 3.63) is 56.9 Å². The predicted octanol–water partition coefficient (Wildman–Crippen LogP) is 3.54. The van der Waals surface area contributed by atoms with E-state index in [0.717, 1.165) is 16.5 Å². The van der Waals surface area contributed by atoms with Crippen LogP contribution in [0.15, 0.2) is 29.1 Å². The molecule has 2 aliphatic heterocycles. The summed E-state index contributed by atoms with van der Waals surface area (Å²) in [5.74, 6) is 0.341. The molecule has 56 heavy (non-hydrogen) atoms. The minimum absolute atomic E-state index is 0.0165. The Labute approximate surface area is 329 Å². The maximum atomic E-state index is 13.9. The number of thioether (sulfide) groups is 1. The number of cyclic esters (lactones) is 1. The average molecular weight is 802 g/mol. The number of phenols is 1. The van der Waals surface area contributed by atoms with Crippen LogP contribution in [-0.4, -0.2) is 115 Å². The second kappa shape index (κ2) is 20.2. The van der Waals surface area contributed by atoms with Gasteiger partial charge in [-0.2, -0.15) is 11.8 Å². The van der Waals surface area contributed by atoms with E-state index >= 15 is 0 Å². The van der Waals surface area contributed by atoms with E-state index in [1.807, 2.05) is 13.8 Å². The summed E-state index contributed by atoms with van der Waals surface area (Å²) >= 11 is 1.53. The first-order valence-electron chi connectivity index (χ1n) is 18.8. The van der Waals surface area contributed by atoms with Gasteiger partial charge >= 0.3 is 12.1 Å². The van der Waals surface area contributed by atoms with Crippen molar-refractivity contribution in [3.8, 4) is 17.1 Å². The molecular weight excluding hydrogens is 751 g/mol. The number of carbonyl (C=O) groups excluding carboxylic acids is 3. The molecule has 0 aliphatic carbocycles. The Hall–Kier alpha value is -4.26. The molecule has 17 heteroatoms. The fraction of sp³-hybridized carbons (Fsp3) is 0.564. The predicted molar refractivity (Wildman–Crippen MR) is 205 cm³/mol. The number of hydrogen-bond acceptors (Lipinski definition) is 15. The van der Waals surface area contributed by atoms with Crippen LogP contribution in [0, 0.1) is 0 Å². The number of aliphatic hydroxyl groups is 1. The average Bonchev–Trinajstić information content (AvgIpc) is 3.57. The summed E-state index contributed by atoms with van der Waals surface area (Å²) in [6, 6.07) is 6.63. The largest absolute Gasteiger partial charge is 0.509 e. The molecule has 4 heterocycles. The summed E-state index contributed by atoms with van der Waals surface area (Å²) in [7, 11) is 1.54. The molecule has 3 atom stereocenters. The summed E-state index contributed by atoms with van der Waals surface area (Å²) in [5, 5.41) is 23.0. The van der Waals surface area contributed by atoms with Gasteiger partial charge in [-0.25, -0.2) is 14.6 Å². The van der Waals surface area contributed by atoms with E-state index in [1.54, 1.807) is 42.9 Å². The summed E-state index contributed by atoms with van der Waals surface area (Å²) in [6.07, 6.45) is -0.223. The number of carbonyl (C=O) groups is 3. The van der Waals surface area contributed by atoms with Gasteiger partial charge in [0, 0.05) is 48.1 Å². The van der Waals surface area contributed by atoms with Gasteiger partial charge in [0.25, 0.3) is 5.56 Å². The van der Waals surface area contributed by atoms with Crippen LogP contribution in [0.5, 0.6) is 5.75 Å². The molecule has 1 amide bonds. The van der Waals surface area contributed by atoms with E-state index in [2.05, 4.69) is 5.32 Å². The lowest BCUT2D eigenvalue weighted by atomic mass is 9.85. The van der Waals surface area contributed by atoms with E-state index < -0.39 is 24.0 Å². The molecule has 0 radical (unpaired) electrons. The van der Waals surface area contributed by atoms with Gasteiger partial charge < -0.3 is 53.3 Å². The van der Waals surface area contributed by atoms with Crippen LogP contribution in [-0.2, 0) is 67.9 Å². The third-order valence-electron chi connectivity index (χ3n) is 9.75. The summed E-state index contributed by atoms with van der Waals surface area (Å²) < 4.78 is 39.8. The number of aryl methyl sites for hydroxylation is 1. The molecule has 5 rings (SSSR count). The third-order valence-corrected chi connectivity index (χ3v) is 10.8. The van der Waals surface area contributed by atoms with Gasteiger partial charge in [0.15, 0.2) is 6.29 Å². The zero-order chi connectivity index (χ0) is 40.2. The number of ether oxygens (including phenoxy) is 7. The molecule has 3 aromatic rings. The smallest absolute Gasteiger partial charge is 0.508 e.